The van der Waals surface area contributed by atoms with E-state index in [0.29, 0.717) is 17.9 Å². The summed E-state index contributed by atoms with van der Waals surface area (Å²) in [4.78, 5) is 29.6. The lowest BCUT2D eigenvalue weighted by Crippen LogP contribution is -2.54. The number of aryl methyl sites for hydroxylation is 1. The van der Waals surface area contributed by atoms with E-state index in [4.69, 9.17) is 0 Å². The number of rotatable bonds is 5. The minimum Gasteiger partial charge on any atom is -0.340 e. The number of hydrogen-bond donors (Lipinski definition) is 1. The van der Waals surface area contributed by atoms with E-state index in [9.17, 15) is 9.59 Å². The molecule has 1 N–H and O–H groups in total. The molecular weight excluding hydrogens is 302 g/mol. The standard InChI is InChI=1S/C19H29N3O2/c1-14(2)13-17(19(24)22-11-9-21(4)10-12-22)20-18(23)16-8-6-5-7-15(16)3/h5-8,14,17H,9-13H2,1-4H3,(H,20,23). The van der Waals surface area contributed by atoms with Crippen molar-refractivity contribution in [3.05, 3.63) is 35.4 Å². The van der Waals surface area contributed by atoms with Gasteiger partial charge < -0.3 is 15.1 Å². The van der Waals surface area contributed by atoms with Crippen LogP contribution in [0.4, 0.5) is 0 Å². The highest BCUT2D eigenvalue weighted by Gasteiger charge is 2.29. The molecule has 0 saturated carbocycles. The number of carbonyl (C=O) groups excluding carboxylic acids is 2. The predicted molar refractivity (Wildman–Crippen MR) is 96.0 cm³/mol. The number of hydrogen-bond acceptors (Lipinski definition) is 3. The lowest BCUT2D eigenvalue weighted by molar-refractivity contribution is -0.135. The van der Waals surface area contributed by atoms with Gasteiger partial charge in [-0.2, -0.15) is 0 Å². The number of carbonyl (C=O) groups is 2. The Bertz CT molecular complexity index is 578. The van der Waals surface area contributed by atoms with E-state index in [0.717, 1.165) is 31.7 Å². The number of nitrogens with one attached hydrogen (secondary N) is 1. The second-order valence-electron chi connectivity index (χ2n) is 7.10. The summed E-state index contributed by atoms with van der Waals surface area (Å²) >= 11 is 0. The average Bonchev–Trinajstić information content (AvgIpc) is 2.54. The van der Waals surface area contributed by atoms with Gasteiger partial charge in [-0.1, -0.05) is 32.0 Å². The highest BCUT2D eigenvalue weighted by atomic mass is 16.2. The Hall–Kier alpha value is -1.88. The second kappa shape index (κ2) is 8.29. The maximum Gasteiger partial charge on any atom is 0.252 e. The first-order chi connectivity index (χ1) is 11.4. The number of likely N-dealkylation sites (N-methyl/N-ethyl adjacent to an activating group) is 1. The fourth-order valence-corrected chi connectivity index (χ4v) is 3.00. The van der Waals surface area contributed by atoms with Gasteiger partial charge in [-0.05, 0) is 37.9 Å². The molecule has 2 rings (SSSR count). The number of amides is 2. The van der Waals surface area contributed by atoms with Crippen LogP contribution in [0.3, 0.4) is 0 Å². The van der Waals surface area contributed by atoms with E-state index in [1.807, 2.05) is 30.0 Å². The summed E-state index contributed by atoms with van der Waals surface area (Å²) in [6.45, 7) is 9.27. The van der Waals surface area contributed by atoms with E-state index in [1.165, 1.54) is 0 Å². The highest BCUT2D eigenvalue weighted by Crippen LogP contribution is 2.13. The quantitative estimate of drug-likeness (QED) is 0.897. The molecule has 1 fully saturated rings. The summed E-state index contributed by atoms with van der Waals surface area (Å²) < 4.78 is 0. The van der Waals surface area contributed by atoms with Gasteiger partial charge in [-0.3, -0.25) is 9.59 Å². The molecule has 5 heteroatoms. The van der Waals surface area contributed by atoms with Crippen molar-refractivity contribution in [2.75, 3.05) is 33.2 Å². The van der Waals surface area contributed by atoms with Crippen LogP contribution in [0.25, 0.3) is 0 Å². The predicted octanol–water partition coefficient (Wildman–Crippen LogP) is 1.91. The SMILES string of the molecule is Cc1ccccc1C(=O)NC(CC(C)C)C(=O)N1CCN(C)CC1. The van der Waals surface area contributed by atoms with Crippen LogP contribution in [0, 0.1) is 12.8 Å². The van der Waals surface area contributed by atoms with Crippen LogP contribution in [0.5, 0.6) is 0 Å². The Kier molecular flexibility index (Phi) is 6.37. The first-order valence-electron chi connectivity index (χ1n) is 8.72. The number of piperazine rings is 1. The molecule has 132 valence electrons. The van der Waals surface area contributed by atoms with Crippen molar-refractivity contribution < 1.29 is 9.59 Å². The molecule has 1 saturated heterocycles. The van der Waals surface area contributed by atoms with Crippen LogP contribution in [-0.2, 0) is 4.79 Å². The van der Waals surface area contributed by atoms with Crippen molar-refractivity contribution in [1.29, 1.82) is 0 Å². The molecule has 2 amide bonds. The van der Waals surface area contributed by atoms with Gasteiger partial charge in [0, 0.05) is 31.7 Å². The zero-order valence-corrected chi connectivity index (χ0v) is 15.2. The summed E-state index contributed by atoms with van der Waals surface area (Å²) in [5.41, 5.74) is 1.56. The van der Waals surface area contributed by atoms with Crippen molar-refractivity contribution in [2.45, 2.75) is 33.2 Å². The fourth-order valence-electron chi connectivity index (χ4n) is 3.00. The highest BCUT2D eigenvalue weighted by molar-refractivity contribution is 5.98. The van der Waals surface area contributed by atoms with Crippen LogP contribution >= 0.6 is 0 Å². The van der Waals surface area contributed by atoms with Gasteiger partial charge in [0.2, 0.25) is 5.91 Å². The van der Waals surface area contributed by atoms with Crippen LogP contribution < -0.4 is 5.32 Å². The minimum atomic E-state index is -0.458. The largest absolute Gasteiger partial charge is 0.340 e. The molecule has 1 aromatic carbocycles. The Labute approximate surface area is 145 Å². The third-order valence-corrected chi connectivity index (χ3v) is 4.52. The maximum atomic E-state index is 12.9. The molecule has 0 aromatic heterocycles. The summed E-state index contributed by atoms with van der Waals surface area (Å²) in [5.74, 6) is 0.212. The van der Waals surface area contributed by atoms with Gasteiger partial charge in [-0.25, -0.2) is 0 Å². The summed E-state index contributed by atoms with van der Waals surface area (Å²) in [7, 11) is 2.06. The topological polar surface area (TPSA) is 52.7 Å². The van der Waals surface area contributed by atoms with Crippen LogP contribution in [-0.4, -0.2) is 60.9 Å². The molecule has 24 heavy (non-hydrogen) atoms. The Balaban J connectivity index is 2.09. The lowest BCUT2D eigenvalue weighted by atomic mass is 10.0. The molecule has 0 radical (unpaired) electrons. The average molecular weight is 331 g/mol. The molecule has 0 aliphatic carbocycles. The smallest absolute Gasteiger partial charge is 0.252 e. The van der Waals surface area contributed by atoms with Gasteiger partial charge in [0.1, 0.15) is 6.04 Å². The van der Waals surface area contributed by atoms with Gasteiger partial charge >= 0.3 is 0 Å². The summed E-state index contributed by atoms with van der Waals surface area (Å²) in [6.07, 6.45) is 0.656. The van der Waals surface area contributed by atoms with Crippen molar-refractivity contribution in [3.8, 4) is 0 Å². The Morgan fingerprint density at radius 1 is 1.12 bits per heavy atom. The van der Waals surface area contributed by atoms with Gasteiger partial charge in [-0.15, -0.1) is 0 Å². The van der Waals surface area contributed by atoms with Crippen molar-refractivity contribution in [1.82, 2.24) is 15.1 Å². The molecule has 1 aliphatic rings. The normalized spacial score (nSPS) is 17.0. The van der Waals surface area contributed by atoms with E-state index in [-0.39, 0.29) is 11.8 Å². The van der Waals surface area contributed by atoms with Gasteiger partial charge in [0.25, 0.3) is 5.91 Å². The number of nitrogens with zero attached hydrogens (tertiary/aromatic N) is 2. The maximum absolute atomic E-state index is 12.9. The molecule has 1 heterocycles. The molecule has 1 atom stereocenters. The van der Waals surface area contributed by atoms with Crippen molar-refractivity contribution >= 4 is 11.8 Å². The minimum absolute atomic E-state index is 0.0405. The zero-order chi connectivity index (χ0) is 17.7. The van der Waals surface area contributed by atoms with Crippen LogP contribution in [0.1, 0.15) is 36.2 Å². The first-order valence-corrected chi connectivity index (χ1v) is 8.72. The Morgan fingerprint density at radius 3 is 2.33 bits per heavy atom. The lowest BCUT2D eigenvalue weighted by Gasteiger charge is -2.35. The van der Waals surface area contributed by atoms with E-state index < -0.39 is 6.04 Å². The number of benzene rings is 1. The zero-order valence-electron chi connectivity index (χ0n) is 15.2. The molecule has 1 aromatic rings. The summed E-state index contributed by atoms with van der Waals surface area (Å²) in [5, 5.41) is 2.97. The van der Waals surface area contributed by atoms with Crippen LogP contribution in [0.15, 0.2) is 24.3 Å². The molecule has 0 spiro atoms. The molecule has 1 unspecified atom stereocenters. The third kappa shape index (κ3) is 4.81. The third-order valence-electron chi connectivity index (χ3n) is 4.52. The van der Waals surface area contributed by atoms with Gasteiger partial charge in [0.15, 0.2) is 0 Å². The van der Waals surface area contributed by atoms with Crippen molar-refractivity contribution in [2.24, 2.45) is 5.92 Å². The molecular formula is C19H29N3O2. The fraction of sp³-hybridized carbons (Fsp3) is 0.579. The van der Waals surface area contributed by atoms with E-state index in [1.54, 1.807) is 6.07 Å². The van der Waals surface area contributed by atoms with Crippen molar-refractivity contribution in [3.63, 3.8) is 0 Å². The van der Waals surface area contributed by atoms with E-state index >= 15 is 0 Å². The van der Waals surface area contributed by atoms with E-state index in [2.05, 4.69) is 31.1 Å². The molecule has 1 aliphatic heterocycles. The molecule has 0 bridgehead atoms. The second-order valence-corrected chi connectivity index (χ2v) is 7.10. The Morgan fingerprint density at radius 2 is 1.75 bits per heavy atom. The van der Waals surface area contributed by atoms with Crippen LogP contribution in [0.2, 0.25) is 0 Å². The monoisotopic (exact) mass is 331 g/mol. The molecule has 5 nitrogen and oxygen atoms in total. The first kappa shape index (κ1) is 18.5. The summed E-state index contributed by atoms with van der Waals surface area (Å²) in [6, 6.07) is 7.02. The van der Waals surface area contributed by atoms with Gasteiger partial charge in [0.05, 0.1) is 0 Å².